The van der Waals surface area contributed by atoms with Crippen LogP contribution in [0.4, 0.5) is 0 Å². The van der Waals surface area contributed by atoms with E-state index in [1.807, 2.05) is 0 Å². The molecule has 1 spiro atoms. The quantitative estimate of drug-likeness (QED) is 0.658. The molecule has 3 aliphatic rings. The molecule has 0 N–H and O–H groups in total. The molecule has 4 heteroatoms. The third-order valence-corrected chi connectivity index (χ3v) is 6.42. The molecule has 4 nitrogen and oxygen atoms in total. The van der Waals surface area contributed by atoms with Crippen molar-refractivity contribution in [1.29, 1.82) is 0 Å². The number of allylic oxidation sites excluding steroid dienone is 1. The lowest BCUT2D eigenvalue weighted by Gasteiger charge is -2.44. The van der Waals surface area contributed by atoms with E-state index in [2.05, 4.69) is 45.0 Å². The number of hydrogen-bond donors (Lipinski definition) is 0. The van der Waals surface area contributed by atoms with Crippen LogP contribution in [0.1, 0.15) is 65.2 Å². The molecule has 0 aromatic heterocycles. The predicted molar refractivity (Wildman–Crippen MR) is 105 cm³/mol. The van der Waals surface area contributed by atoms with Gasteiger partial charge in [-0.3, -0.25) is 4.90 Å². The normalized spacial score (nSPS) is 31.2. The second-order valence-corrected chi connectivity index (χ2v) is 8.23. The summed E-state index contributed by atoms with van der Waals surface area (Å²) in [5.74, 6) is 1.09. The molecular weight excluding hydrogens is 326 g/mol. The SMILES string of the molecule is CCCC1=CC(OCC)=CC1(CC1CCCCCC12OCCO2)N(C)C. The minimum absolute atomic E-state index is 0.0855. The Bertz CT molecular complexity index is 534. The van der Waals surface area contributed by atoms with Gasteiger partial charge in [-0.2, -0.15) is 0 Å². The molecule has 1 heterocycles. The predicted octanol–water partition coefficient (Wildman–Crippen LogP) is 4.66. The summed E-state index contributed by atoms with van der Waals surface area (Å²) in [7, 11) is 4.41. The highest BCUT2D eigenvalue weighted by atomic mass is 16.7. The van der Waals surface area contributed by atoms with Crippen molar-refractivity contribution in [3.05, 3.63) is 23.5 Å². The van der Waals surface area contributed by atoms with Gasteiger partial charge < -0.3 is 14.2 Å². The zero-order valence-electron chi connectivity index (χ0n) is 17.2. The highest BCUT2D eigenvalue weighted by Gasteiger charge is 2.50. The minimum Gasteiger partial charge on any atom is -0.494 e. The first-order chi connectivity index (χ1) is 12.6. The number of likely N-dealkylation sites (N-methyl/N-ethyl adjacent to an activating group) is 1. The average molecular weight is 364 g/mol. The van der Waals surface area contributed by atoms with E-state index in [1.165, 1.54) is 31.3 Å². The summed E-state index contributed by atoms with van der Waals surface area (Å²) < 4.78 is 18.4. The van der Waals surface area contributed by atoms with E-state index >= 15 is 0 Å². The molecule has 148 valence electrons. The molecule has 2 atom stereocenters. The topological polar surface area (TPSA) is 30.9 Å². The van der Waals surface area contributed by atoms with Crippen LogP contribution in [-0.2, 0) is 14.2 Å². The summed E-state index contributed by atoms with van der Waals surface area (Å²) in [6.07, 6.45) is 13.9. The highest BCUT2D eigenvalue weighted by molar-refractivity contribution is 5.43. The largest absolute Gasteiger partial charge is 0.494 e. The van der Waals surface area contributed by atoms with Gasteiger partial charge in [-0.25, -0.2) is 0 Å². The van der Waals surface area contributed by atoms with Gasteiger partial charge in [0, 0.05) is 12.3 Å². The van der Waals surface area contributed by atoms with Crippen LogP contribution >= 0.6 is 0 Å². The van der Waals surface area contributed by atoms with Crippen LogP contribution in [0.15, 0.2) is 23.5 Å². The molecule has 0 amide bonds. The van der Waals surface area contributed by atoms with E-state index < -0.39 is 0 Å². The number of rotatable bonds is 7. The first kappa shape index (κ1) is 19.9. The monoisotopic (exact) mass is 363 g/mol. The van der Waals surface area contributed by atoms with Crippen LogP contribution in [0.2, 0.25) is 0 Å². The zero-order chi connectivity index (χ0) is 18.6. The fourth-order valence-corrected chi connectivity index (χ4v) is 5.11. The number of nitrogens with zero attached hydrogens (tertiary/aromatic N) is 1. The second-order valence-electron chi connectivity index (χ2n) is 8.23. The van der Waals surface area contributed by atoms with E-state index in [4.69, 9.17) is 14.2 Å². The number of hydrogen-bond acceptors (Lipinski definition) is 4. The van der Waals surface area contributed by atoms with E-state index in [0.29, 0.717) is 12.5 Å². The van der Waals surface area contributed by atoms with Gasteiger partial charge in [0.05, 0.1) is 25.4 Å². The van der Waals surface area contributed by atoms with Gasteiger partial charge in [-0.1, -0.05) is 26.2 Å². The van der Waals surface area contributed by atoms with Crippen molar-refractivity contribution in [1.82, 2.24) is 4.90 Å². The summed E-state index contributed by atoms with van der Waals surface area (Å²) in [5.41, 5.74) is 1.39. The van der Waals surface area contributed by atoms with Crippen LogP contribution in [0.25, 0.3) is 0 Å². The third-order valence-electron chi connectivity index (χ3n) is 6.42. The summed E-state index contributed by atoms with van der Waals surface area (Å²) in [4.78, 5) is 2.38. The second kappa shape index (κ2) is 8.45. The molecule has 1 saturated heterocycles. The average Bonchev–Trinajstić information content (AvgIpc) is 3.15. The highest BCUT2D eigenvalue weighted by Crippen LogP contribution is 2.48. The molecule has 0 bridgehead atoms. The maximum Gasteiger partial charge on any atom is 0.171 e. The summed E-state index contributed by atoms with van der Waals surface area (Å²) in [5, 5.41) is 0. The smallest absolute Gasteiger partial charge is 0.171 e. The lowest BCUT2D eigenvalue weighted by atomic mass is 9.76. The Morgan fingerprint density at radius 1 is 1.15 bits per heavy atom. The molecule has 0 aromatic carbocycles. The van der Waals surface area contributed by atoms with E-state index in [1.54, 1.807) is 0 Å². The lowest BCUT2D eigenvalue weighted by Crippen LogP contribution is -2.49. The Morgan fingerprint density at radius 3 is 2.58 bits per heavy atom. The van der Waals surface area contributed by atoms with Gasteiger partial charge in [0.25, 0.3) is 0 Å². The minimum atomic E-state index is -0.362. The summed E-state index contributed by atoms with van der Waals surface area (Å²) in [6, 6.07) is 0. The molecular formula is C22H37NO3. The zero-order valence-corrected chi connectivity index (χ0v) is 17.2. The van der Waals surface area contributed by atoms with Gasteiger partial charge in [-0.05, 0) is 64.4 Å². The number of ether oxygens (including phenoxy) is 3. The molecule has 2 fully saturated rings. The fraction of sp³-hybridized carbons (Fsp3) is 0.818. The Kier molecular flexibility index (Phi) is 6.47. The standard InChI is InChI=1S/C22H37NO3/c1-5-10-18-15-20(24-6-2)17-21(18,23(3)4)16-19-11-8-7-9-12-22(19)25-13-14-26-22/h15,17,19H,5-14,16H2,1-4H3. The molecule has 0 radical (unpaired) electrons. The van der Waals surface area contributed by atoms with Crippen molar-refractivity contribution < 1.29 is 14.2 Å². The van der Waals surface area contributed by atoms with Crippen molar-refractivity contribution in [2.24, 2.45) is 5.92 Å². The molecule has 3 rings (SSSR count). The van der Waals surface area contributed by atoms with Crippen molar-refractivity contribution in [3.63, 3.8) is 0 Å². The maximum absolute atomic E-state index is 6.27. The van der Waals surface area contributed by atoms with Crippen LogP contribution < -0.4 is 0 Å². The van der Waals surface area contributed by atoms with Crippen molar-refractivity contribution >= 4 is 0 Å². The fourth-order valence-electron chi connectivity index (χ4n) is 5.11. The maximum atomic E-state index is 6.27. The van der Waals surface area contributed by atoms with Gasteiger partial charge >= 0.3 is 0 Å². The van der Waals surface area contributed by atoms with E-state index in [-0.39, 0.29) is 11.3 Å². The Morgan fingerprint density at radius 2 is 1.92 bits per heavy atom. The van der Waals surface area contributed by atoms with Gasteiger partial charge in [-0.15, -0.1) is 0 Å². The van der Waals surface area contributed by atoms with Gasteiger partial charge in [0.2, 0.25) is 0 Å². The van der Waals surface area contributed by atoms with E-state index in [0.717, 1.165) is 44.7 Å². The van der Waals surface area contributed by atoms with Gasteiger partial charge in [0.1, 0.15) is 5.76 Å². The third kappa shape index (κ3) is 3.74. The molecule has 1 saturated carbocycles. The molecule has 0 aromatic rings. The Labute approximate surface area is 159 Å². The molecule has 2 aliphatic carbocycles. The lowest BCUT2D eigenvalue weighted by molar-refractivity contribution is -0.204. The first-order valence-corrected chi connectivity index (χ1v) is 10.6. The van der Waals surface area contributed by atoms with Crippen molar-refractivity contribution in [2.45, 2.75) is 76.5 Å². The Balaban J connectivity index is 1.92. The van der Waals surface area contributed by atoms with Crippen LogP contribution in [0.3, 0.4) is 0 Å². The van der Waals surface area contributed by atoms with Crippen LogP contribution in [-0.4, -0.2) is 50.1 Å². The van der Waals surface area contributed by atoms with Crippen LogP contribution in [0.5, 0.6) is 0 Å². The molecule has 1 aliphatic heterocycles. The van der Waals surface area contributed by atoms with Crippen LogP contribution in [0, 0.1) is 5.92 Å². The summed E-state index contributed by atoms with van der Waals surface area (Å²) in [6.45, 7) is 6.51. The van der Waals surface area contributed by atoms with Gasteiger partial charge in [0.15, 0.2) is 5.79 Å². The van der Waals surface area contributed by atoms with Crippen molar-refractivity contribution in [2.75, 3.05) is 33.9 Å². The molecule has 2 unspecified atom stereocenters. The Hall–Kier alpha value is -0.840. The molecule has 26 heavy (non-hydrogen) atoms. The first-order valence-electron chi connectivity index (χ1n) is 10.6. The van der Waals surface area contributed by atoms with E-state index in [9.17, 15) is 0 Å². The van der Waals surface area contributed by atoms with Crippen molar-refractivity contribution in [3.8, 4) is 0 Å². The summed E-state index contributed by atoms with van der Waals surface area (Å²) >= 11 is 0.